The zero-order chi connectivity index (χ0) is 32.3. The summed E-state index contributed by atoms with van der Waals surface area (Å²) in [6, 6.07) is 33.4. The molecular weight excluding hydrogens is 585 g/mol. The van der Waals surface area contributed by atoms with Crippen LogP contribution in [0.3, 0.4) is 0 Å². The Bertz CT molecular complexity index is 1900. The highest BCUT2D eigenvalue weighted by Crippen LogP contribution is 2.49. The van der Waals surface area contributed by atoms with Gasteiger partial charge in [-0.05, 0) is 41.1 Å². The molecule has 0 aliphatic rings. The van der Waals surface area contributed by atoms with E-state index in [2.05, 4.69) is 66.1 Å². The monoisotopic (exact) mass is 617 g/mol. The normalized spacial score (nSPS) is 12.0. The summed E-state index contributed by atoms with van der Waals surface area (Å²) in [6.07, 6.45) is 0. The molecule has 0 amide bonds. The van der Waals surface area contributed by atoms with Gasteiger partial charge in [0.15, 0.2) is 6.04 Å². The van der Waals surface area contributed by atoms with Crippen molar-refractivity contribution in [2.45, 2.75) is 13.0 Å². The van der Waals surface area contributed by atoms with Gasteiger partial charge in [0.25, 0.3) is 0 Å². The maximum atomic E-state index is 9.75. The quantitative estimate of drug-likeness (QED) is 0.0776. The van der Waals surface area contributed by atoms with Crippen LogP contribution in [-0.2, 0) is 0 Å². The van der Waals surface area contributed by atoms with E-state index >= 15 is 0 Å². The number of nitrogens with zero attached hydrogens (tertiary/aromatic N) is 1. The molecule has 232 valence electrons. The third-order valence-corrected chi connectivity index (χ3v) is 7.79. The van der Waals surface area contributed by atoms with Crippen LogP contribution in [-0.4, -0.2) is 35.7 Å². The Hall–Kier alpha value is -4.99. The molecule has 0 aliphatic carbocycles. The molecule has 0 unspecified atom stereocenters. The van der Waals surface area contributed by atoms with Crippen molar-refractivity contribution < 1.29 is 40.8 Å². The SMILES string of the molecule is COc1cccc(OC)c1-c1c2c(OC)cccc2[n+]([C@@H](C)c2ccc3ccccc3c2)c2cccc(OC)c12.F[B-](F)(F)F. The highest BCUT2D eigenvalue weighted by atomic mass is 19.5. The molecule has 5 aromatic carbocycles. The van der Waals surface area contributed by atoms with E-state index < -0.39 is 7.25 Å². The van der Waals surface area contributed by atoms with Gasteiger partial charge >= 0.3 is 7.25 Å². The fraction of sp³-hybridized carbons (Fsp3) is 0.171. The average Bonchev–Trinajstić information content (AvgIpc) is 3.04. The van der Waals surface area contributed by atoms with Gasteiger partial charge < -0.3 is 36.2 Å². The number of halogens is 4. The van der Waals surface area contributed by atoms with Crippen LogP contribution in [0.25, 0.3) is 43.7 Å². The van der Waals surface area contributed by atoms with Crippen LogP contribution in [0.2, 0.25) is 0 Å². The van der Waals surface area contributed by atoms with Crippen molar-refractivity contribution in [2.75, 3.05) is 28.4 Å². The lowest BCUT2D eigenvalue weighted by Crippen LogP contribution is -2.40. The molecular formula is C35H32BF4NO4. The Morgan fingerprint density at radius 2 is 0.978 bits per heavy atom. The summed E-state index contributed by atoms with van der Waals surface area (Å²) < 4.78 is 65.2. The highest BCUT2D eigenvalue weighted by Gasteiger charge is 2.32. The van der Waals surface area contributed by atoms with Gasteiger partial charge in [-0.2, -0.15) is 4.57 Å². The third-order valence-electron chi connectivity index (χ3n) is 7.79. The van der Waals surface area contributed by atoms with E-state index in [1.807, 2.05) is 42.5 Å². The van der Waals surface area contributed by atoms with Crippen LogP contribution in [0.4, 0.5) is 17.3 Å². The number of methoxy groups -OCH3 is 4. The first-order chi connectivity index (χ1) is 21.6. The van der Waals surface area contributed by atoms with Crippen molar-refractivity contribution >= 4 is 39.8 Å². The van der Waals surface area contributed by atoms with Gasteiger partial charge in [0.2, 0.25) is 11.0 Å². The van der Waals surface area contributed by atoms with Gasteiger partial charge in [-0.3, -0.25) is 0 Å². The second kappa shape index (κ2) is 12.9. The molecule has 0 bridgehead atoms. The molecule has 0 saturated carbocycles. The smallest absolute Gasteiger partial charge is 0.496 e. The zero-order valence-corrected chi connectivity index (χ0v) is 25.5. The van der Waals surface area contributed by atoms with Gasteiger partial charge in [0, 0.05) is 30.2 Å². The number of benzene rings is 5. The molecule has 0 aliphatic heterocycles. The summed E-state index contributed by atoms with van der Waals surface area (Å²) >= 11 is 0. The fourth-order valence-corrected chi connectivity index (χ4v) is 5.92. The summed E-state index contributed by atoms with van der Waals surface area (Å²) in [4.78, 5) is 0. The van der Waals surface area contributed by atoms with E-state index in [-0.39, 0.29) is 6.04 Å². The maximum Gasteiger partial charge on any atom is 0.673 e. The molecule has 1 heterocycles. The molecule has 6 rings (SSSR count). The Labute approximate surface area is 258 Å². The van der Waals surface area contributed by atoms with E-state index in [1.165, 1.54) is 16.3 Å². The van der Waals surface area contributed by atoms with E-state index in [9.17, 15) is 17.3 Å². The lowest BCUT2D eigenvalue weighted by atomic mass is 9.92. The Balaban J connectivity index is 0.000000743. The molecule has 0 saturated heterocycles. The predicted octanol–water partition coefficient (Wildman–Crippen LogP) is 9.04. The van der Waals surface area contributed by atoms with Crippen LogP contribution >= 0.6 is 0 Å². The number of ether oxygens (including phenoxy) is 4. The standard InChI is InChI=1S/C35H32NO4.BF4/c1-22(24-20-19-23-11-6-7-12-25(23)21-24)36-26-13-8-15-28(37-2)32(26)35(33-27(36)14-9-16-29(33)38-3)34-30(39-4)17-10-18-31(34)40-5;2-1(3,4)5/h6-22H,1-5H3;/q+1;-1/t22-;/m0./s1. The van der Waals surface area contributed by atoms with E-state index in [1.54, 1.807) is 28.4 Å². The minimum Gasteiger partial charge on any atom is -0.496 e. The molecule has 6 aromatic rings. The van der Waals surface area contributed by atoms with Crippen LogP contribution in [0, 0.1) is 0 Å². The zero-order valence-electron chi connectivity index (χ0n) is 25.5. The highest BCUT2D eigenvalue weighted by molar-refractivity contribution is 6.50. The Morgan fingerprint density at radius 3 is 1.47 bits per heavy atom. The molecule has 5 nitrogen and oxygen atoms in total. The predicted molar refractivity (Wildman–Crippen MR) is 171 cm³/mol. The van der Waals surface area contributed by atoms with Crippen molar-refractivity contribution in [2.24, 2.45) is 0 Å². The average molecular weight is 617 g/mol. The summed E-state index contributed by atoms with van der Waals surface area (Å²) in [6.45, 7) is 2.24. The topological polar surface area (TPSA) is 40.8 Å². The first-order valence-corrected chi connectivity index (χ1v) is 14.2. The van der Waals surface area contributed by atoms with Crippen LogP contribution in [0.1, 0.15) is 18.5 Å². The summed E-state index contributed by atoms with van der Waals surface area (Å²) in [5.41, 5.74) is 5.06. The van der Waals surface area contributed by atoms with Crippen LogP contribution < -0.4 is 23.5 Å². The second-order valence-corrected chi connectivity index (χ2v) is 10.3. The number of hydrogen-bond donors (Lipinski definition) is 0. The lowest BCUT2D eigenvalue weighted by Gasteiger charge is -2.21. The van der Waals surface area contributed by atoms with Crippen molar-refractivity contribution in [3.63, 3.8) is 0 Å². The van der Waals surface area contributed by atoms with E-state index in [0.29, 0.717) is 11.5 Å². The molecule has 1 aromatic heterocycles. The van der Waals surface area contributed by atoms with Gasteiger partial charge in [0.1, 0.15) is 23.0 Å². The fourth-order valence-electron chi connectivity index (χ4n) is 5.92. The molecule has 0 radical (unpaired) electrons. The van der Waals surface area contributed by atoms with Gasteiger partial charge in [0.05, 0.1) is 44.8 Å². The van der Waals surface area contributed by atoms with Crippen molar-refractivity contribution in [3.8, 4) is 34.1 Å². The summed E-state index contributed by atoms with van der Waals surface area (Å²) in [7, 11) is 0.785. The molecule has 45 heavy (non-hydrogen) atoms. The number of rotatable bonds is 7. The second-order valence-electron chi connectivity index (χ2n) is 10.3. The Kier molecular flexibility index (Phi) is 9.04. The minimum absolute atomic E-state index is 0.00225. The van der Waals surface area contributed by atoms with Crippen molar-refractivity contribution in [1.82, 2.24) is 0 Å². The molecule has 1 atom stereocenters. The molecule has 0 spiro atoms. The first-order valence-electron chi connectivity index (χ1n) is 14.2. The first kappa shape index (κ1) is 31.4. The number of pyridine rings is 1. The van der Waals surface area contributed by atoms with Crippen molar-refractivity contribution in [3.05, 3.63) is 103 Å². The largest absolute Gasteiger partial charge is 0.673 e. The lowest BCUT2D eigenvalue weighted by molar-refractivity contribution is -0.659. The molecule has 0 N–H and O–H groups in total. The maximum absolute atomic E-state index is 9.75. The molecule has 0 fully saturated rings. The third kappa shape index (κ3) is 6.18. The van der Waals surface area contributed by atoms with E-state index in [4.69, 9.17) is 18.9 Å². The number of hydrogen-bond acceptors (Lipinski definition) is 4. The summed E-state index contributed by atoms with van der Waals surface area (Å²) in [5.74, 6) is 2.93. The number of aromatic nitrogens is 1. The van der Waals surface area contributed by atoms with E-state index in [0.717, 1.165) is 44.4 Å². The number of fused-ring (bicyclic) bond motifs is 3. The molecule has 10 heteroatoms. The van der Waals surface area contributed by atoms with Crippen molar-refractivity contribution in [1.29, 1.82) is 0 Å². The van der Waals surface area contributed by atoms with Crippen LogP contribution in [0.5, 0.6) is 23.0 Å². The summed E-state index contributed by atoms with van der Waals surface area (Å²) in [5, 5.41) is 4.35. The van der Waals surface area contributed by atoms with Gasteiger partial charge in [-0.25, -0.2) is 0 Å². The van der Waals surface area contributed by atoms with Crippen LogP contribution in [0.15, 0.2) is 97.1 Å². The Morgan fingerprint density at radius 1 is 0.533 bits per heavy atom. The van der Waals surface area contributed by atoms with Gasteiger partial charge in [-0.1, -0.05) is 54.6 Å². The minimum atomic E-state index is -6.00. The van der Waals surface area contributed by atoms with Gasteiger partial charge in [-0.15, -0.1) is 0 Å².